The Morgan fingerprint density at radius 1 is 1.12 bits per heavy atom. The normalized spacial score (nSPS) is 18.3. The van der Waals surface area contributed by atoms with Crippen LogP contribution in [-0.4, -0.2) is 60.9 Å². The summed E-state index contributed by atoms with van der Waals surface area (Å²) < 4.78 is 5.51. The van der Waals surface area contributed by atoms with Crippen molar-refractivity contribution in [1.82, 2.24) is 9.80 Å². The second kappa shape index (κ2) is 9.40. The minimum Gasteiger partial charge on any atom is -0.507 e. The van der Waals surface area contributed by atoms with Crippen LogP contribution < -0.4 is 4.74 Å². The minimum atomic E-state index is -0.661. The number of likely N-dealkylation sites (N-methyl/N-ethyl adjacent to an activating group) is 1. The van der Waals surface area contributed by atoms with Crippen LogP contribution in [0.25, 0.3) is 5.76 Å². The summed E-state index contributed by atoms with van der Waals surface area (Å²) in [5.41, 5.74) is 3.10. The number of aliphatic hydroxyl groups excluding tert-OH is 1. The van der Waals surface area contributed by atoms with Gasteiger partial charge >= 0.3 is 0 Å². The van der Waals surface area contributed by atoms with Gasteiger partial charge in [0, 0.05) is 24.2 Å². The first-order valence-corrected chi connectivity index (χ1v) is 11.1. The van der Waals surface area contributed by atoms with Crippen molar-refractivity contribution in [2.45, 2.75) is 39.2 Å². The van der Waals surface area contributed by atoms with E-state index in [-0.39, 0.29) is 16.7 Å². The second-order valence-electron chi connectivity index (χ2n) is 9.87. The van der Waals surface area contributed by atoms with Crippen molar-refractivity contribution in [2.24, 2.45) is 0 Å². The van der Waals surface area contributed by atoms with Gasteiger partial charge in [-0.15, -0.1) is 0 Å². The average molecular weight is 451 g/mol. The lowest BCUT2D eigenvalue weighted by Crippen LogP contribution is -2.35. The Hall–Kier alpha value is -3.12. The van der Waals surface area contributed by atoms with E-state index in [0.29, 0.717) is 24.4 Å². The van der Waals surface area contributed by atoms with E-state index in [4.69, 9.17) is 4.74 Å². The zero-order chi connectivity index (χ0) is 24.5. The smallest absolute Gasteiger partial charge is 0.295 e. The van der Waals surface area contributed by atoms with Crippen LogP contribution in [0.2, 0.25) is 0 Å². The van der Waals surface area contributed by atoms with E-state index < -0.39 is 17.7 Å². The minimum absolute atomic E-state index is 0.120. The highest BCUT2D eigenvalue weighted by Crippen LogP contribution is 2.41. The maximum Gasteiger partial charge on any atom is 0.295 e. The molecule has 1 unspecified atom stereocenters. The van der Waals surface area contributed by atoms with Crippen LogP contribution >= 0.6 is 0 Å². The molecular formula is C27H34N2O4. The lowest BCUT2D eigenvalue weighted by atomic mass is 9.84. The highest BCUT2D eigenvalue weighted by Gasteiger charge is 2.46. The van der Waals surface area contributed by atoms with Crippen molar-refractivity contribution in [3.63, 3.8) is 0 Å². The number of ether oxygens (including phenoxy) is 1. The Balaban J connectivity index is 2.21. The number of methoxy groups -OCH3 is 1. The summed E-state index contributed by atoms with van der Waals surface area (Å²) in [6.45, 7) is 9.12. The molecule has 6 nitrogen and oxygen atoms in total. The molecule has 0 aliphatic carbocycles. The molecule has 1 heterocycles. The van der Waals surface area contributed by atoms with E-state index in [9.17, 15) is 14.7 Å². The van der Waals surface area contributed by atoms with Gasteiger partial charge in [-0.05, 0) is 50.2 Å². The number of Topliss-reactive ketones (excluding diaryl/α,β-unsaturated/α-hetero) is 1. The number of nitrogens with zero attached hydrogens (tertiary/aromatic N) is 2. The summed E-state index contributed by atoms with van der Waals surface area (Å²) in [6.07, 6.45) is 0. The molecular weight excluding hydrogens is 416 g/mol. The van der Waals surface area contributed by atoms with E-state index in [1.165, 1.54) is 0 Å². The second-order valence-corrected chi connectivity index (χ2v) is 9.87. The van der Waals surface area contributed by atoms with Gasteiger partial charge in [0.05, 0.1) is 18.7 Å². The lowest BCUT2D eigenvalue weighted by Gasteiger charge is -2.27. The van der Waals surface area contributed by atoms with Gasteiger partial charge in [-0.2, -0.15) is 0 Å². The molecule has 1 fully saturated rings. The third-order valence-corrected chi connectivity index (χ3v) is 5.97. The summed E-state index contributed by atoms with van der Waals surface area (Å²) in [5.74, 6) is -0.707. The Bertz CT molecular complexity index is 1100. The molecule has 0 radical (unpaired) electrons. The van der Waals surface area contributed by atoms with E-state index in [1.54, 1.807) is 24.1 Å². The zero-order valence-electron chi connectivity index (χ0n) is 20.6. The molecule has 33 heavy (non-hydrogen) atoms. The van der Waals surface area contributed by atoms with Crippen LogP contribution in [0.5, 0.6) is 5.75 Å². The van der Waals surface area contributed by atoms with Gasteiger partial charge in [0.2, 0.25) is 0 Å². The van der Waals surface area contributed by atoms with Gasteiger partial charge in [0.25, 0.3) is 11.7 Å². The van der Waals surface area contributed by atoms with Crippen molar-refractivity contribution in [3.05, 3.63) is 70.3 Å². The van der Waals surface area contributed by atoms with Gasteiger partial charge in [0.15, 0.2) is 0 Å². The number of aryl methyl sites for hydroxylation is 1. The molecule has 6 heteroatoms. The van der Waals surface area contributed by atoms with Crippen LogP contribution in [0, 0.1) is 6.92 Å². The fraction of sp³-hybridized carbons (Fsp3) is 0.407. The van der Waals surface area contributed by atoms with Crippen molar-refractivity contribution in [1.29, 1.82) is 0 Å². The SMILES string of the molecule is COc1ccc(/C(O)=C2/C(=O)C(=O)N(CCN(C)C)C2c2cccc(C)c2)cc1C(C)(C)C. The molecule has 1 saturated heterocycles. The topological polar surface area (TPSA) is 70.1 Å². The Morgan fingerprint density at radius 2 is 1.82 bits per heavy atom. The first-order valence-electron chi connectivity index (χ1n) is 11.1. The molecule has 0 bridgehead atoms. The molecule has 2 aromatic rings. The Kier molecular flexibility index (Phi) is 6.98. The number of amides is 1. The summed E-state index contributed by atoms with van der Waals surface area (Å²) in [7, 11) is 5.45. The van der Waals surface area contributed by atoms with Crippen LogP contribution in [0.15, 0.2) is 48.0 Å². The van der Waals surface area contributed by atoms with Gasteiger partial charge in [0.1, 0.15) is 11.5 Å². The summed E-state index contributed by atoms with van der Waals surface area (Å²) in [4.78, 5) is 29.8. The molecule has 1 N–H and O–H groups in total. The van der Waals surface area contributed by atoms with E-state index in [1.807, 2.05) is 56.3 Å². The number of hydrogen-bond acceptors (Lipinski definition) is 5. The predicted octanol–water partition coefficient (Wildman–Crippen LogP) is 4.28. The van der Waals surface area contributed by atoms with Crippen LogP contribution in [-0.2, 0) is 15.0 Å². The van der Waals surface area contributed by atoms with Gasteiger partial charge in [-0.25, -0.2) is 0 Å². The van der Waals surface area contributed by atoms with E-state index >= 15 is 0 Å². The molecule has 1 aliphatic rings. The highest BCUT2D eigenvalue weighted by atomic mass is 16.5. The monoisotopic (exact) mass is 450 g/mol. The molecule has 1 aliphatic heterocycles. The van der Waals surface area contributed by atoms with E-state index in [2.05, 4.69) is 20.8 Å². The van der Waals surface area contributed by atoms with Gasteiger partial charge in [-0.1, -0.05) is 50.6 Å². The van der Waals surface area contributed by atoms with E-state index in [0.717, 1.165) is 16.7 Å². The van der Waals surface area contributed by atoms with Crippen molar-refractivity contribution in [3.8, 4) is 5.75 Å². The number of benzene rings is 2. The third kappa shape index (κ3) is 4.96. The third-order valence-electron chi connectivity index (χ3n) is 5.97. The lowest BCUT2D eigenvalue weighted by molar-refractivity contribution is -0.140. The number of hydrogen-bond donors (Lipinski definition) is 1. The maximum absolute atomic E-state index is 13.2. The summed E-state index contributed by atoms with van der Waals surface area (Å²) in [5, 5.41) is 11.4. The quantitative estimate of drug-likeness (QED) is 0.404. The molecule has 0 saturated carbocycles. The fourth-order valence-corrected chi connectivity index (χ4v) is 4.20. The van der Waals surface area contributed by atoms with Crippen LogP contribution in [0.3, 0.4) is 0 Å². The molecule has 1 amide bonds. The van der Waals surface area contributed by atoms with Crippen molar-refractivity contribution >= 4 is 17.4 Å². The van der Waals surface area contributed by atoms with Crippen LogP contribution in [0.4, 0.5) is 0 Å². The largest absolute Gasteiger partial charge is 0.507 e. The molecule has 2 aromatic carbocycles. The first kappa shape index (κ1) is 24.5. The number of carbonyl (C=O) groups excluding carboxylic acids is 2. The Labute approximate surface area is 196 Å². The molecule has 176 valence electrons. The summed E-state index contributed by atoms with van der Waals surface area (Å²) >= 11 is 0. The molecule has 1 atom stereocenters. The van der Waals surface area contributed by atoms with Crippen molar-refractivity contribution < 1.29 is 19.4 Å². The standard InChI is InChI=1S/C27H34N2O4/c1-17-9-8-10-18(15-17)23-22(25(31)26(32)29(23)14-13-28(5)6)24(30)19-11-12-21(33-7)20(16-19)27(2,3)4/h8-12,15-16,23,30H,13-14H2,1-7H3/b24-22-. The highest BCUT2D eigenvalue weighted by molar-refractivity contribution is 6.46. The maximum atomic E-state index is 13.2. The number of rotatable bonds is 6. The number of ketones is 1. The number of carbonyl (C=O) groups is 2. The van der Waals surface area contributed by atoms with Crippen molar-refractivity contribution in [2.75, 3.05) is 34.3 Å². The molecule has 0 aromatic heterocycles. The Morgan fingerprint density at radius 3 is 2.39 bits per heavy atom. The van der Waals surface area contributed by atoms with Gasteiger partial charge < -0.3 is 19.6 Å². The van der Waals surface area contributed by atoms with Gasteiger partial charge in [-0.3, -0.25) is 9.59 Å². The molecule has 0 spiro atoms. The molecule has 3 rings (SSSR count). The number of aliphatic hydroxyl groups is 1. The zero-order valence-corrected chi connectivity index (χ0v) is 20.6. The summed E-state index contributed by atoms with van der Waals surface area (Å²) in [6, 6.07) is 12.4. The first-order chi connectivity index (χ1) is 15.5. The predicted molar refractivity (Wildman–Crippen MR) is 130 cm³/mol. The van der Waals surface area contributed by atoms with Crippen LogP contribution in [0.1, 0.15) is 49.1 Å². The fourth-order valence-electron chi connectivity index (χ4n) is 4.20. The average Bonchev–Trinajstić information content (AvgIpc) is 3.00. The number of likely N-dealkylation sites (tertiary alicyclic amines) is 1.